The van der Waals surface area contributed by atoms with Crippen LogP contribution in [0.2, 0.25) is 10.0 Å². The van der Waals surface area contributed by atoms with Crippen LogP contribution in [0.4, 0.5) is 11.4 Å². The minimum Gasteiger partial charge on any atom is -0.495 e. The fourth-order valence-corrected chi connectivity index (χ4v) is 5.75. The number of hydrogen-bond acceptors (Lipinski definition) is 5. The lowest BCUT2D eigenvalue weighted by Gasteiger charge is -2.27. The van der Waals surface area contributed by atoms with Crippen LogP contribution in [0.25, 0.3) is 0 Å². The highest BCUT2D eigenvalue weighted by molar-refractivity contribution is 7.92. The lowest BCUT2D eigenvalue weighted by Crippen LogP contribution is -2.32. The molecule has 0 spiro atoms. The molecule has 4 aromatic carbocycles. The van der Waals surface area contributed by atoms with E-state index in [0.29, 0.717) is 32.8 Å². The summed E-state index contributed by atoms with van der Waals surface area (Å²) in [7, 11) is -1.17. The summed E-state index contributed by atoms with van der Waals surface area (Å²) in [5, 5.41) is 3.64. The summed E-state index contributed by atoms with van der Waals surface area (Å²) >= 11 is 12.3. The van der Waals surface area contributed by atoms with Gasteiger partial charge in [0.15, 0.2) is 0 Å². The molecular formula is C29H26Cl2N2O5S. The summed E-state index contributed by atoms with van der Waals surface area (Å²) in [5.41, 5.74) is 2.26. The van der Waals surface area contributed by atoms with Crippen molar-refractivity contribution in [2.45, 2.75) is 18.4 Å². The van der Waals surface area contributed by atoms with E-state index < -0.39 is 15.9 Å². The van der Waals surface area contributed by atoms with Gasteiger partial charge in [0.2, 0.25) is 0 Å². The number of amides is 1. The van der Waals surface area contributed by atoms with Gasteiger partial charge in [0.25, 0.3) is 15.9 Å². The van der Waals surface area contributed by atoms with Crippen LogP contribution in [-0.4, -0.2) is 28.5 Å². The van der Waals surface area contributed by atoms with E-state index in [9.17, 15) is 13.2 Å². The van der Waals surface area contributed by atoms with Crippen molar-refractivity contribution in [1.82, 2.24) is 0 Å². The highest BCUT2D eigenvalue weighted by Crippen LogP contribution is 2.37. The Kier molecular flexibility index (Phi) is 8.70. The number of sulfonamides is 1. The van der Waals surface area contributed by atoms with Gasteiger partial charge in [0.05, 0.1) is 47.6 Å². The fourth-order valence-electron chi connectivity index (χ4n) is 3.92. The van der Waals surface area contributed by atoms with Crippen LogP contribution in [0.5, 0.6) is 11.5 Å². The Morgan fingerprint density at radius 2 is 1.51 bits per heavy atom. The van der Waals surface area contributed by atoms with E-state index in [2.05, 4.69) is 5.32 Å². The molecule has 0 heterocycles. The molecule has 0 radical (unpaired) electrons. The number of nitrogens with zero attached hydrogens (tertiary/aromatic N) is 1. The quantitative estimate of drug-likeness (QED) is 0.230. The van der Waals surface area contributed by atoms with Crippen LogP contribution in [0, 0.1) is 6.92 Å². The SMILES string of the molecule is COc1cc(NC(=O)c2ccccc2N(Cc2ccc(Cl)cc2)S(=O)(=O)c2ccc(C)cc2)c(OC)cc1Cl. The van der Waals surface area contributed by atoms with Crippen LogP contribution in [-0.2, 0) is 16.6 Å². The zero-order valence-electron chi connectivity index (χ0n) is 21.4. The Morgan fingerprint density at radius 1 is 0.872 bits per heavy atom. The van der Waals surface area contributed by atoms with Crippen molar-refractivity contribution in [2.75, 3.05) is 23.8 Å². The number of benzene rings is 4. The van der Waals surface area contributed by atoms with Crippen LogP contribution < -0.4 is 19.1 Å². The van der Waals surface area contributed by atoms with E-state index in [1.807, 2.05) is 6.92 Å². The molecule has 0 unspecified atom stereocenters. The minimum atomic E-state index is -4.08. The predicted molar refractivity (Wildman–Crippen MR) is 155 cm³/mol. The van der Waals surface area contributed by atoms with Crippen molar-refractivity contribution in [2.24, 2.45) is 0 Å². The predicted octanol–water partition coefficient (Wildman–Crippen LogP) is 6.97. The van der Waals surface area contributed by atoms with Crippen molar-refractivity contribution in [1.29, 1.82) is 0 Å². The zero-order valence-corrected chi connectivity index (χ0v) is 23.8. The molecular weight excluding hydrogens is 559 g/mol. The van der Waals surface area contributed by atoms with Crippen LogP contribution >= 0.6 is 23.2 Å². The lowest BCUT2D eigenvalue weighted by molar-refractivity contribution is 0.102. The molecule has 0 fully saturated rings. The highest BCUT2D eigenvalue weighted by atomic mass is 35.5. The number of carbonyl (C=O) groups excluding carboxylic acids is 1. The molecule has 10 heteroatoms. The van der Waals surface area contributed by atoms with Gasteiger partial charge in [-0.1, -0.05) is 65.2 Å². The average Bonchev–Trinajstić information content (AvgIpc) is 2.93. The number of anilines is 2. The first kappa shape index (κ1) is 28.3. The molecule has 0 bridgehead atoms. The van der Waals surface area contributed by atoms with E-state index in [0.717, 1.165) is 5.56 Å². The summed E-state index contributed by atoms with van der Waals surface area (Å²) in [6.45, 7) is 1.84. The number of hydrogen-bond donors (Lipinski definition) is 1. The van der Waals surface area contributed by atoms with Crippen LogP contribution in [0.3, 0.4) is 0 Å². The Morgan fingerprint density at radius 3 is 2.15 bits per heavy atom. The minimum absolute atomic E-state index is 0.0320. The van der Waals surface area contributed by atoms with E-state index in [1.54, 1.807) is 72.8 Å². The lowest BCUT2D eigenvalue weighted by atomic mass is 10.1. The number of carbonyl (C=O) groups is 1. The summed E-state index contributed by atoms with van der Waals surface area (Å²) in [4.78, 5) is 13.7. The van der Waals surface area contributed by atoms with Gasteiger partial charge < -0.3 is 14.8 Å². The third kappa shape index (κ3) is 6.30. The fraction of sp³-hybridized carbons (Fsp3) is 0.138. The Bertz CT molecular complexity index is 1590. The van der Waals surface area contributed by atoms with Crippen molar-refractivity contribution in [3.05, 3.63) is 112 Å². The topological polar surface area (TPSA) is 84.9 Å². The van der Waals surface area contributed by atoms with E-state index in [-0.39, 0.29) is 22.7 Å². The normalized spacial score (nSPS) is 11.1. The number of nitrogens with one attached hydrogen (secondary N) is 1. The second-order valence-electron chi connectivity index (χ2n) is 8.61. The molecule has 7 nitrogen and oxygen atoms in total. The van der Waals surface area contributed by atoms with Gasteiger partial charge in [-0.3, -0.25) is 9.10 Å². The van der Waals surface area contributed by atoms with Crippen LogP contribution in [0.15, 0.2) is 89.8 Å². The maximum atomic E-state index is 14.0. The molecule has 0 atom stereocenters. The molecule has 0 aliphatic heterocycles. The Balaban J connectivity index is 1.80. The highest BCUT2D eigenvalue weighted by Gasteiger charge is 2.29. The molecule has 39 heavy (non-hydrogen) atoms. The van der Waals surface area contributed by atoms with Gasteiger partial charge in [-0.15, -0.1) is 0 Å². The Labute approximate surface area is 237 Å². The van der Waals surface area contributed by atoms with Gasteiger partial charge in [0, 0.05) is 17.2 Å². The van der Waals surface area contributed by atoms with Crippen molar-refractivity contribution >= 4 is 50.5 Å². The molecule has 0 aliphatic carbocycles. The first-order chi connectivity index (χ1) is 18.6. The number of ether oxygens (including phenoxy) is 2. The van der Waals surface area contributed by atoms with Gasteiger partial charge in [0.1, 0.15) is 11.5 Å². The van der Waals surface area contributed by atoms with Crippen molar-refractivity contribution in [3.63, 3.8) is 0 Å². The first-order valence-electron chi connectivity index (χ1n) is 11.8. The molecule has 4 rings (SSSR count). The second kappa shape index (κ2) is 12.0. The second-order valence-corrected chi connectivity index (χ2v) is 11.3. The third-order valence-electron chi connectivity index (χ3n) is 5.99. The number of para-hydroxylation sites is 1. The van der Waals surface area contributed by atoms with E-state index in [4.69, 9.17) is 32.7 Å². The smallest absolute Gasteiger partial charge is 0.264 e. The van der Waals surface area contributed by atoms with Crippen molar-refractivity contribution in [3.8, 4) is 11.5 Å². The number of rotatable bonds is 9. The van der Waals surface area contributed by atoms with Gasteiger partial charge in [-0.05, 0) is 48.9 Å². The first-order valence-corrected chi connectivity index (χ1v) is 14.0. The van der Waals surface area contributed by atoms with Crippen LogP contribution in [0.1, 0.15) is 21.5 Å². The molecule has 0 aromatic heterocycles. The number of methoxy groups -OCH3 is 2. The third-order valence-corrected chi connectivity index (χ3v) is 8.31. The molecule has 1 N–H and O–H groups in total. The molecule has 1 amide bonds. The average molecular weight is 586 g/mol. The molecule has 202 valence electrons. The number of aryl methyl sites for hydroxylation is 1. The van der Waals surface area contributed by atoms with Crippen molar-refractivity contribution < 1.29 is 22.7 Å². The summed E-state index contributed by atoms with van der Waals surface area (Å²) in [5.74, 6) is 0.109. The monoisotopic (exact) mass is 584 g/mol. The van der Waals surface area contributed by atoms with Gasteiger partial charge in [-0.2, -0.15) is 0 Å². The summed E-state index contributed by atoms with van der Waals surface area (Å²) < 4.78 is 39.8. The van der Waals surface area contributed by atoms with E-state index in [1.165, 1.54) is 30.7 Å². The summed E-state index contributed by atoms with van der Waals surface area (Å²) in [6.07, 6.45) is 0. The van der Waals surface area contributed by atoms with Gasteiger partial charge in [-0.25, -0.2) is 8.42 Å². The molecule has 0 saturated heterocycles. The number of halogens is 2. The standard InChI is InChI=1S/C29H26Cl2N2O5S/c1-19-8-14-22(15-9-19)39(35,36)33(18-20-10-12-21(30)13-11-20)26-7-5-4-6-23(26)29(34)32-25-17-27(37-2)24(31)16-28(25)38-3/h4-17H,18H2,1-3H3,(H,32,34). The molecule has 0 aliphatic rings. The Hall–Kier alpha value is -3.72. The molecule has 4 aromatic rings. The van der Waals surface area contributed by atoms with Gasteiger partial charge >= 0.3 is 0 Å². The zero-order chi connectivity index (χ0) is 28.2. The largest absolute Gasteiger partial charge is 0.495 e. The molecule has 0 saturated carbocycles. The maximum absolute atomic E-state index is 14.0. The van der Waals surface area contributed by atoms with E-state index >= 15 is 0 Å². The summed E-state index contributed by atoms with van der Waals surface area (Å²) in [6, 6.07) is 23.0. The maximum Gasteiger partial charge on any atom is 0.264 e.